The second-order valence-corrected chi connectivity index (χ2v) is 10.4. The first-order chi connectivity index (χ1) is 16.7. The smallest absolute Gasteiger partial charge is 0.373 e. The molecule has 0 unspecified atom stereocenters. The number of hydrogen-bond donors (Lipinski definition) is 1. The Hall–Kier alpha value is -1.82. The van der Waals surface area contributed by atoms with Gasteiger partial charge in [-0.15, -0.1) is 0 Å². The molecule has 13 heteroatoms. The molecule has 0 bridgehead atoms. The number of nitrogens with zero attached hydrogens (tertiary/aromatic N) is 1. The van der Waals surface area contributed by atoms with Crippen molar-refractivity contribution in [1.82, 2.24) is 9.55 Å². The van der Waals surface area contributed by atoms with Gasteiger partial charge in [0.15, 0.2) is 6.23 Å². The highest BCUT2D eigenvalue weighted by Crippen LogP contribution is 2.57. The maximum absolute atomic E-state index is 13.3. The Balaban J connectivity index is 1.54. The number of aromatic nitrogens is 2. The molecule has 1 N–H and O–H groups in total. The van der Waals surface area contributed by atoms with Crippen LogP contribution in [0.15, 0.2) is 46.1 Å². The predicted octanol–water partition coefficient (Wildman–Crippen LogP) is 3.20. The molecule has 35 heavy (non-hydrogen) atoms. The van der Waals surface area contributed by atoms with Crippen molar-refractivity contribution in [1.29, 1.82) is 0 Å². The lowest BCUT2D eigenvalue weighted by molar-refractivity contribution is -0.133. The predicted molar refractivity (Wildman–Crippen MR) is 125 cm³/mol. The number of phosphoric ester groups is 1. The van der Waals surface area contributed by atoms with Crippen LogP contribution in [-0.4, -0.2) is 54.3 Å². The lowest BCUT2D eigenvalue weighted by atomic mass is 9.95. The summed E-state index contributed by atoms with van der Waals surface area (Å²) >= 11 is 6.08. The van der Waals surface area contributed by atoms with Gasteiger partial charge in [0.2, 0.25) is 0 Å². The number of ether oxygens (including phenoxy) is 3. The highest BCUT2D eigenvalue weighted by Gasteiger charge is 2.57. The Morgan fingerprint density at radius 2 is 2.11 bits per heavy atom. The molecule has 0 saturated carbocycles. The zero-order chi connectivity index (χ0) is 25.2. The molecule has 4 rings (SSSR count). The first kappa shape index (κ1) is 26.2. The minimum absolute atomic E-state index is 0.167. The van der Waals surface area contributed by atoms with Gasteiger partial charge < -0.3 is 14.2 Å². The SMILES string of the molecule is CCO[C@@H]1[C@@H](CO[P@@]2(=O)OCC[C@@H](c3cccc(Cl)c3)O2)O[C@@H](n2ccc(=O)[nH]c2=O)[C@]1(C)OC. The highest BCUT2D eigenvalue weighted by atomic mass is 35.5. The largest absolute Gasteiger partial charge is 0.475 e. The van der Waals surface area contributed by atoms with Gasteiger partial charge in [-0.05, 0) is 31.5 Å². The summed E-state index contributed by atoms with van der Waals surface area (Å²) in [6.45, 7) is 3.79. The van der Waals surface area contributed by atoms with E-state index in [-0.39, 0.29) is 13.2 Å². The van der Waals surface area contributed by atoms with Gasteiger partial charge in [0.05, 0.1) is 19.3 Å². The maximum Gasteiger partial charge on any atom is 0.475 e. The van der Waals surface area contributed by atoms with E-state index >= 15 is 0 Å². The third kappa shape index (κ3) is 5.47. The summed E-state index contributed by atoms with van der Waals surface area (Å²) in [4.78, 5) is 26.2. The summed E-state index contributed by atoms with van der Waals surface area (Å²) in [6, 6.07) is 8.30. The molecule has 0 aliphatic carbocycles. The van der Waals surface area contributed by atoms with Crippen LogP contribution >= 0.6 is 19.4 Å². The molecule has 1 aromatic heterocycles. The number of aromatic amines is 1. The second-order valence-electron chi connectivity index (χ2n) is 8.32. The summed E-state index contributed by atoms with van der Waals surface area (Å²) in [7, 11) is -2.48. The number of halogens is 1. The molecule has 2 aliphatic rings. The van der Waals surface area contributed by atoms with Gasteiger partial charge in [-0.25, -0.2) is 9.36 Å². The van der Waals surface area contributed by atoms with E-state index in [9.17, 15) is 14.2 Å². The summed E-state index contributed by atoms with van der Waals surface area (Å²) in [5.74, 6) is 0. The number of hydrogen-bond acceptors (Lipinski definition) is 9. The summed E-state index contributed by atoms with van der Waals surface area (Å²) < 4.78 is 49.0. The van der Waals surface area contributed by atoms with Crippen LogP contribution in [0.3, 0.4) is 0 Å². The molecule has 0 amide bonds. The van der Waals surface area contributed by atoms with E-state index in [1.165, 1.54) is 23.9 Å². The fraction of sp³-hybridized carbons (Fsp3) is 0.545. The average Bonchev–Trinajstić information content (AvgIpc) is 3.10. The van der Waals surface area contributed by atoms with Crippen LogP contribution in [0, 0.1) is 0 Å². The molecule has 6 atom stereocenters. The number of methoxy groups -OCH3 is 1. The molecule has 2 saturated heterocycles. The van der Waals surface area contributed by atoms with Gasteiger partial charge in [-0.2, -0.15) is 0 Å². The van der Waals surface area contributed by atoms with Crippen molar-refractivity contribution in [2.75, 3.05) is 26.9 Å². The third-order valence-electron chi connectivity index (χ3n) is 6.09. The molecule has 11 nitrogen and oxygen atoms in total. The molecular weight excluding hydrogens is 503 g/mol. The van der Waals surface area contributed by atoms with E-state index in [1.807, 2.05) is 6.07 Å². The maximum atomic E-state index is 13.3. The van der Waals surface area contributed by atoms with Crippen LogP contribution < -0.4 is 11.2 Å². The van der Waals surface area contributed by atoms with Crippen LogP contribution in [0.1, 0.15) is 38.2 Å². The minimum atomic E-state index is -3.94. The highest BCUT2D eigenvalue weighted by molar-refractivity contribution is 7.48. The van der Waals surface area contributed by atoms with Gasteiger partial charge in [-0.3, -0.25) is 27.9 Å². The van der Waals surface area contributed by atoms with E-state index in [4.69, 9.17) is 39.4 Å². The topological polar surface area (TPSA) is 127 Å². The average molecular weight is 531 g/mol. The second kappa shape index (κ2) is 10.7. The Morgan fingerprint density at radius 3 is 2.80 bits per heavy atom. The van der Waals surface area contributed by atoms with E-state index in [0.717, 1.165) is 5.56 Å². The van der Waals surface area contributed by atoms with Crippen molar-refractivity contribution in [2.24, 2.45) is 0 Å². The Kier molecular flexibility index (Phi) is 7.99. The van der Waals surface area contributed by atoms with E-state index in [0.29, 0.717) is 18.1 Å². The minimum Gasteiger partial charge on any atom is -0.373 e. The van der Waals surface area contributed by atoms with E-state index in [1.54, 1.807) is 32.0 Å². The Morgan fingerprint density at radius 1 is 1.31 bits per heavy atom. The van der Waals surface area contributed by atoms with Crippen LogP contribution in [0.2, 0.25) is 5.02 Å². The lowest BCUT2D eigenvalue weighted by Gasteiger charge is -2.34. The Labute approximate surface area is 206 Å². The normalized spacial score (nSPS) is 33.1. The Bertz CT molecular complexity index is 1200. The molecule has 2 aliphatic heterocycles. The molecule has 0 spiro atoms. The summed E-state index contributed by atoms with van der Waals surface area (Å²) in [6.07, 6.45) is -1.18. The quantitative estimate of drug-likeness (QED) is 0.512. The zero-order valence-electron chi connectivity index (χ0n) is 19.5. The zero-order valence-corrected chi connectivity index (χ0v) is 21.2. The fourth-order valence-electron chi connectivity index (χ4n) is 4.31. The van der Waals surface area contributed by atoms with Crippen molar-refractivity contribution in [3.8, 4) is 0 Å². The van der Waals surface area contributed by atoms with Gasteiger partial charge in [0, 0.05) is 37.4 Å². The van der Waals surface area contributed by atoms with Crippen molar-refractivity contribution in [2.45, 2.75) is 50.4 Å². The van der Waals surface area contributed by atoms with Crippen molar-refractivity contribution in [3.05, 3.63) is 68.0 Å². The lowest BCUT2D eigenvalue weighted by Crippen LogP contribution is -2.49. The van der Waals surface area contributed by atoms with E-state index < -0.39 is 49.2 Å². The van der Waals surface area contributed by atoms with Crippen LogP contribution in [0.5, 0.6) is 0 Å². The first-order valence-electron chi connectivity index (χ1n) is 11.2. The van der Waals surface area contributed by atoms with Crippen molar-refractivity contribution < 1.29 is 32.3 Å². The van der Waals surface area contributed by atoms with E-state index in [2.05, 4.69) is 4.98 Å². The molecule has 0 radical (unpaired) electrons. The number of benzene rings is 1. The number of H-pyrrole nitrogens is 1. The van der Waals surface area contributed by atoms with Crippen LogP contribution in [-0.2, 0) is 32.3 Å². The molecule has 2 aromatic rings. The molecule has 1 aromatic carbocycles. The van der Waals surface area contributed by atoms with Crippen LogP contribution in [0.4, 0.5) is 0 Å². The van der Waals surface area contributed by atoms with Gasteiger partial charge in [0.25, 0.3) is 5.56 Å². The van der Waals surface area contributed by atoms with Gasteiger partial charge in [-0.1, -0.05) is 23.7 Å². The summed E-state index contributed by atoms with van der Waals surface area (Å²) in [5.41, 5.74) is -1.58. The number of phosphoric acid groups is 1. The van der Waals surface area contributed by atoms with Crippen molar-refractivity contribution >= 4 is 19.4 Å². The molecular formula is C22H28ClN2O9P. The van der Waals surface area contributed by atoms with Crippen molar-refractivity contribution in [3.63, 3.8) is 0 Å². The third-order valence-corrected chi connectivity index (χ3v) is 7.80. The number of nitrogens with one attached hydrogen (secondary N) is 1. The van der Waals surface area contributed by atoms with Crippen LogP contribution in [0.25, 0.3) is 0 Å². The molecule has 192 valence electrons. The van der Waals surface area contributed by atoms with Gasteiger partial charge in [0.1, 0.15) is 17.8 Å². The van der Waals surface area contributed by atoms with Gasteiger partial charge >= 0.3 is 13.5 Å². The monoisotopic (exact) mass is 530 g/mol. The fourth-order valence-corrected chi connectivity index (χ4v) is 5.90. The molecule has 2 fully saturated rings. The standard InChI is InChI=1S/C22H28ClN2O9P/c1-4-30-19-17(33-20(22(19,2)29-3)25-10-8-18(26)24-21(25)27)13-32-35(28)31-11-9-16(34-35)14-6-5-7-15(23)12-14/h5-8,10,12,16-17,19-20H,4,9,11,13H2,1-3H3,(H,24,26,27)/t16-,17+,19+,20+,22+,35+/m0/s1. The molecule has 3 heterocycles. The number of rotatable bonds is 8. The summed E-state index contributed by atoms with van der Waals surface area (Å²) in [5, 5.41) is 0.537. The first-order valence-corrected chi connectivity index (χ1v) is 13.0.